The Hall–Kier alpha value is -0.240. The van der Waals surface area contributed by atoms with Gasteiger partial charge in [-0.1, -0.05) is 6.42 Å². The van der Waals surface area contributed by atoms with E-state index >= 15 is 0 Å². The van der Waals surface area contributed by atoms with Crippen molar-refractivity contribution in [2.45, 2.75) is 50.9 Å². The number of unbranched alkanes of at least 4 members (excludes halogenated alkanes) is 1. The minimum absolute atomic E-state index is 0.151. The predicted molar refractivity (Wildman–Crippen MR) is 74.7 cm³/mol. The third-order valence-electron chi connectivity index (χ3n) is 3.17. The zero-order chi connectivity index (χ0) is 14.7. The van der Waals surface area contributed by atoms with Crippen LogP contribution in [0, 0.1) is 5.92 Å². The van der Waals surface area contributed by atoms with Crippen LogP contribution in [0.2, 0.25) is 0 Å². The number of nitrogens with one attached hydrogen (secondary N) is 1. The van der Waals surface area contributed by atoms with E-state index in [0.29, 0.717) is 6.54 Å². The fourth-order valence-electron chi connectivity index (χ4n) is 1.84. The molecule has 0 spiro atoms. The number of aliphatic hydroxyl groups excluding tert-OH is 4. The molecule has 3 atom stereocenters. The molecule has 0 aromatic carbocycles. The SMILES string of the molecule is CC(N)CCCCNCC(O)CC(O)C(CO)CO. The highest BCUT2D eigenvalue weighted by Gasteiger charge is 2.20. The van der Waals surface area contributed by atoms with Crippen LogP contribution in [0.5, 0.6) is 0 Å². The normalized spacial score (nSPS) is 16.6. The molecule has 0 saturated heterocycles. The van der Waals surface area contributed by atoms with Gasteiger partial charge in [0.25, 0.3) is 0 Å². The van der Waals surface area contributed by atoms with Crippen molar-refractivity contribution in [2.75, 3.05) is 26.3 Å². The van der Waals surface area contributed by atoms with Crippen LogP contribution in [0.1, 0.15) is 32.6 Å². The summed E-state index contributed by atoms with van der Waals surface area (Å²) in [5, 5.41) is 40.3. The average molecular weight is 278 g/mol. The Labute approximate surface area is 115 Å². The third kappa shape index (κ3) is 10.2. The molecule has 0 fully saturated rings. The molecule has 0 heterocycles. The van der Waals surface area contributed by atoms with Gasteiger partial charge in [-0.3, -0.25) is 0 Å². The van der Waals surface area contributed by atoms with Gasteiger partial charge < -0.3 is 31.5 Å². The van der Waals surface area contributed by atoms with Crippen molar-refractivity contribution in [1.29, 1.82) is 0 Å². The lowest BCUT2D eigenvalue weighted by atomic mass is 9.99. The van der Waals surface area contributed by atoms with Crippen molar-refractivity contribution >= 4 is 0 Å². The molecule has 6 nitrogen and oxygen atoms in total. The summed E-state index contributed by atoms with van der Waals surface area (Å²) in [6.45, 7) is 2.63. The summed E-state index contributed by atoms with van der Waals surface area (Å²) in [5.41, 5.74) is 5.64. The lowest BCUT2D eigenvalue weighted by molar-refractivity contribution is 0.000441. The van der Waals surface area contributed by atoms with Gasteiger partial charge in [0.2, 0.25) is 0 Å². The topological polar surface area (TPSA) is 119 Å². The number of hydrogen-bond acceptors (Lipinski definition) is 6. The molecular formula is C13H30N2O4. The molecule has 0 rings (SSSR count). The maximum atomic E-state index is 9.70. The maximum absolute atomic E-state index is 9.70. The predicted octanol–water partition coefficient (Wildman–Crippen LogP) is -1.19. The van der Waals surface area contributed by atoms with Gasteiger partial charge >= 0.3 is 0 Å². The number of hydrogen-bond donors (Lipinski definition) is 6. The highest BCUT2D eigenvalue weighted by Crippen LogP contribution is 2.09. The van der Waals surface area contributed by atoms with Crippen LogP contribution in [0.15, 0.2) is 0 Å². The average Bonchev–Trinajstić information content (AvgIpc) is 2.34. The minimum Gasteiger partial charge on any atom is -0.396 e. The van der Waals surface area contributed by atoms with E-state index in [9.17, 15) is 10.2 Å². The number of aliphatic hydroxyl groups is 4. The molecule has 0 saturated carbocycles. The molecule has 0 amide bonds. The molecule has 0 radical (unpaired) electrons. The van der Waals surface area contributed by atoms with E-state index in [-0.39, 0.29) is 25.7 Å². The molecular weight excluding hydrogens is 248 g/mol. The van der Waals surface area contributed by atoms with Gasteiger partial charge in [-0.25, -0.2) is 0 Å². The molecule has 0 bridgehead atoms. The van der Waals surface area contributed by atoms with Crippen molar-refractivity contribution in [3.63, 3.8) is 0 Å². The highest BCUT2D eigenvalue weighted by molar-refractivity contribution is 4.72. The molecule has 19 heavy (non-hydrogen) atoms. The summed E-state index contributed by atoms with van der Waals surface area (Å²) in [5.74, 6) is -0.583. The van der Waals surface area contributed by atoms with Crippen LogP contribution in [0.25, 0.3) is 0 Å². The number of rotatable bonds is 12. The minimum atomic E-state index is -0.884. The molecule has 7 N–H and O–H groups in total. The second-order valence-corrected chi connectivity index (χ2v) is 5.26. The lowest BCUT2D eigenvalue weighted by Crippen LogP contribution is -2.35. The smallest absolute Gasteiger partial charge is 0.0689 e. The first-order valence-corrected chi connectivity index (χ1v) is 7.05. The largest absolute Gasteiger partial charge is 0.396 e. The van der Waals surface area contributed by atoms with Gasteiger partial charge in [0.15, 0.2) is 0 Å². The van der Waals surface area contributed by atoms with E-state index in [2.05, 4.69) is 5.32 Å². The zero-order valence-electron chi connectivity index (χ0n) is 11.8. The van der Waals surface area contributed by atoms with Gasteiger partial charge in [-0.2, -0.15) is 0 Å². The first kappa shape index (κ1) is 18.8. The summed E-state index contributed by atoms with van der Waals surface area (Å²) in [4.78, 5) is 0. The Kier molecular flexibility index (Phi) is 11.4. The zero-order valence-corrected chi connectivity index (χ0v) is 11.8. The molecule has 0 aromatic rings. The van der Waals surface area contributed by atoms with E-state index in [1.165, 1.54) is 0 Å². The molecule has 0 aliphatic rings. The Morgan fingerprint density at radius 2 is 1.74 bits per heavy atom. The Morgan fingerprint density at radius 3 is 2.26 bits per heavy atom. The second-order valence-electron chi connectivity index (χ2n) is 5.26. The quantitative estimate of drug-likeness (QED) is 0.250. The van der Waals surface area contributed by atoms with Crippen LogP contribution in [0.3, 0.4) is 0 Å². The first-order chi connectivity index (χ1) is 9.01. The van der Waals surface area contributed by atoms with Crippen molar-refractivity contribution in [3.05, 3.63) is 0 Å². The third-order valence-corrected chi connectivity index (χ3v) is 3.17. The maximum Gasteiger partial charge on any atom is 0.0689 e. The Balaban J connectivity index is 3.55. The van der Waals surface area contributed by atoms with E-state index in [4.69, 9.17) is 15.9 Å². The van der Waals surface area contributed by atoms with Crippen LogP contribution in [0.4, 0.5) is 0 Å². The summed E-state index contributed by atoms with van der Waals surface area (Å²) in [7, 11) is 0. The summed E-state index contributed by atoms with van der Waals surface area (Å²) in [6, 6.07) is 0.231. The van der Waals surface area contributed by atoms with E-state index in [1.54, 1.807) is 0 Å². The van der Waals surface area contributed by atoms with Gasteiger partial charge in [0.05, 0.1) is 25.4 Å². The van der Waals surface area contributed by atoms with Crippen molar-refractivity contribution in [3.8, 4) is 0 Å². The molecule has 6 heteroatoms. The van der Waals surface area contributed by atoms with Gasteiger partial charge in [0.1, 0.15) is 0 Å². The van der Waals surface area contributed by atoms with Crippen LogP contribution < -0.4 is 11.1 Å². The molecule has 0 aliphatic heterocycles. The van der Waals surface area contributed by atoms with Crippen LogP contribution >= 0.6 is 0 Å². The van der Waals surface area contributed by atoms with E-state index in [1.807, 2.05) is 6.92 Å². The van der Waals surface area contributed by atoms with E-state index < -0.39 is 18.1 Å². The molecule has 0 aromatic heterocycles. The standard InChI is InChI=1S/C13H30N2O4/c1-10(14)4-2-3-5-15-7-12(18)6-13(19)11(8-16)9-17/h10-13,15-19H,2-9,14H2,1H3. The molecule has 3 unspecified atom stereocenters. The highest BCUT2D eigenvalue weighted by atomic mass is 16.3. The van der Waals surface area contributed by atoms with Gasteiger partial charge in [-0.05, 0) is 26.3 Å². The van der Waals surface area contributed by atoms with Gasteiger partial charge in [0, 0.05) is 24.9 Å². The first-order valence-electron chi connectivity index (χ1n) is 7.05. The van der Waals surface area contributed by atoms with Crippen molar-refractivity contribution < 1.29 is 20.4 Å². The summed E-state index contributed by atoms with van der Waals surface area (Å²) >= 11 is 0. The fraction of sp³-hybridized carbons (Fsp3) is 1.00. The van der Waals surface area contributed by atoms with Crippen molar-refractivity contribution in [1.82, 2.24) is 5.32 Å². The molecule has 0 aliphatic carbocycles. The van der Waals surface area contributed by atoms with Gasteiger partial charge in [-0.15, -0.1) is 0 Å². The summed E-state index contributed by atoms with van der Waals surface area (Å²) < 4.78 is 0. The molecule has 116 valence electrons. The Morgan fingerprint density at radius 1 is 1.11 bits per heavy atom. The lowest BCUT2D eigenvalue weighted by Gasteiger charge is -2.21. The summed E-state index contributed by atoms with van der Waals surface area (Å²) in [6.07, 6.45) is 1.65. The van der Waals surface area contributed by atoms with Crippen molar-refractivity contribution in [2.24, 2.45) is 11.7 Å². The van der Waals surface area contributed by atoms with Crippen LogP contribution in [-0.2, 0) is 0 Å². The second kappa shape index (κ2) is 11.6. The number of nitrogens with two attached hydrogens (primary N) is 1. The van der Waals surface area contributed by atoms with Crippen LogP contribution in [-0.4, -0.2) is 65.0 Å². The fourth-order valence-corrected chi connectivity index (χ4v) is 1.84. The Bertz CT molecular complexity index is 201. The van der Waals surface area contributed by atoms with E-state index in [0.717, 1.165) is 25.8 Å². The monoisotopic (exact) mass is 278 g/mol.